The Balaban J connectivity index is 2.98. The minimum Gasteiger partial charge on any atom is -0.480 e. The number of carboxylic acids is 1. The minimum atomic E-state index is -1.000. The number of likely N-dealkylation sites (N-methyl/N-ethyl adjacent to an activating group) is 1. The van der Waals surface area contributed by atoms with Crippen LogP contribution in [0.15, 0.2) is 18.2 Å². The fourth-order valence-electron chi connectivity index (χ4n) is 1.29. The van der Waals surface area contributed by atoms with E-state index in [1.807, 2.05) is 0 Å². The summed E-state index contributed by atoms with van der Waals surface area (Å²) in [6, 6.07) is 3.91. The number of aliphatic carboxylic acids is 1. The van der Waals surface area contributed by atoms with Gasteiger partial charge in [0.1, 0.15) is 6.54 Å². The number of non-ortho nitro benzene ring substituents is 1. The Kier molecular flexibility index (Phi) is 3.29. The molecular weight excluding hydrogens is 214 g/mol. The number of nitro benzene ring substituents is 1. The van der Waals surface area contributed by atoms with E-state index in [1.54, 1.807) is 7.05 Å². The van der Waals surface area contributed by atoms with Gasteiger partial charge >= 0.3 is 5.97 Å². The quantitative estimate of drug-likeness (QED) is 0.443. The summed E-state index contributed by atoms with van der Waals surface area (Å²) in [5.41, 5.74) is 6.11. The van der Waals surface area contributed by atoms with Gasteiger partial charge in [0, 0.05) is 19.2 Å². The van der Waals surface area contributed by atoms with Crippen LogP contribution in [0.5, 0.6) is 0 Å². The lowest BCUT2D eigenvalue weighted by Gasteiger charge is -2.18. The molecule has 0 heterocycles. The zero-order chi connectivity index (χ0) is 12.3. The van der Waals surface area contributed by atoms with E-state index in [1.165, 1.54) is 23.1 Å². The van der Waals surface area contributed by atoms with Gasteiger partial charge in [-0.05, 0) is 6.07 Å². The first kappa shape index (κ1) is 11.8. The highest BCUT2D eigenvalue weighted by Gasteiger charge is 2.12. The van der Waals surface area contributed by atoms with Crippen LogP contribution in [-0.4, -0.2) is 29.6 Å². The molecule has 0 fully saturated rings. The maximum atomic E-state index is 10.5. The van der Waals surface area contributed by atoms with Crippen LogP contribution >= 0.6 is 0 Å². The molecule has 1 aromatic carbocycles. The first-order valence-corrected chi connectivity index (χ1v) is 4.38. The van der Waals surface area contributed by atoms with Crippen molar-refractivity contribution in [2.24, 2.45) is 0 Å². The zero-order valence-corrected chi connectivity index (χ0v) is 8.58. The SMILES string of the molecule is CN(CC(=O)O)c1ccc([N+](=O)[O-])cc1N. The molecule has 0 aliphatic heterocycles. The van der Waals surface area contributed by atoms with Crippen LogP contribution in [0.1, 0.15) is 0 Å². The second-order valence-electron chi connectivity index (χ2n) is 3.25. The van der Waals surface area contributed by atoms with Gasteiger partial charge in [0.05, 0.1) is 16.3 Å². The Morgan fingerprint density at radius 1 is 1.62 bits per heavy atom. The molecule has 0 aromatic heterocycles. The monoisotopic (exact) mass is 225 g/mol. The average molecular weight is 225 g/mol. The molecule has 16 heavy (non-hydrogen) atoms. The number of carbonyl (C=O) groups is 1. The highest BCUT2D eigenvalue weighted by atomic mass is 16.6. The summed E-state index contributed by atoms with van der Waals surface area (Å²) in [6.07, 6.45) is 0. The number of benzene rings is 1. The molecule has 0 aliphatic carbocycles. The molecule has 0 amide bonds. The van der Waals surface area contributed by atoms with Gasteiger partial charge in [0.25, 0.3) is 5.69 Å². The van der Waals surface area contributed by atoms with Gasteiger partial charge in [0.2, 0.25) is 0 Å². The average Bonchev–Trinajstić information content (AvgIpc) is 2.15. The smallest absolute Gasteiger partial charge is 0.323 e. The van der Waals surface area contributed by atoms with E-state index in [9.17, 15) is 14.9 Å². The summed E-state index contributed by atoms with van der Waals surface area (Å²) in [7, 11) is 1.55. The van der Waals surface area contributed by atoms with Crippen LogP contribution in [0.3, 0.4) is 0 Å². The van der Waals surface area contributed by atoms with Gasteiger partial charge in [-0.3, -0.25) is 14.9 Å². The molecule has 0 radical (unpaired) electrons. The topological polar surface area (TPSA) is 110 Å². The molecule has 7 nitrogen and oxygen atoms in total. The number of nitrogens with zero attached hydrogens (tertiary/aromatic N) is 2. The molecule has 0 saturated heterocycles. The number of hydrogen-bond acceptors (Lipinski definition) is 5. The number of nitro groups is 1. The molecule has 86 valence electrons. The third-order valence-corrected chi connectivity index (χ3v) is 2.01. The van der Waals surface area contributed by atoms with Crippen LogP contribution in [-0.2, 0) is 4.79 Å². The summed E-state index contributed by atoms with van der Waals surface area (Å²) in [4.78, 5) is 21.8. The molecule has 0 aliphatic rings. The second kappa shape index (κ2) is 4.47. The number of nitrogen functional groups attached to an aromatic ring is 1. The predicted octanol–water partition coefficient (Wildman–Crippen LogP) is 0.698. The van der Waals surface area contributed by atoms with E-state index in [2.05, 4.69) is 0 Å². The van der Waals surface area contributed by atoms with Crippen LogP contribution in [0.25, 0.3) is 0 Å². The summed E-state index contributed by atoms with van der Waals surface area (Å²) in [5.74, 6) is -1.000. The zero-order valence-electron chi connectivity index (χ0n) is 8.58. The van der Waals surface area contributed by atoms with Crippen molar-refractivity contribution < 1.29 is 14.8 Å². The normalized spacial score (nSPS) is 9.81. The van der Waals surface area contributed by atoms with Crippen LogP contribution in [0.4, 0.5) is 17.1 Å². The summed E-state index contributed by atoms with van der Waals surface area (Å²) in [6.45, 7) is -0.220. The Morgan fingerprint density at radius 2 is 2.25 bits per heavy atom. The van der Waals surface area contributed by atoms with Crippen molar-refractivity contribution in [3.63, 3.8) is 0 Å². The number of nitrogens with two attached hydrogens (primary N) is 1. The molecule has 0 saturated carbocycles. The second-order valence-corrected chi connectivity index (χ2v) is 3.25. The third kappa shape index (κ3) is 2.59. The lowest BCUT2D eigenvalue weighted by atomic mass is 10.2. The Hall–Kier alpha value is -2.31. The maximum absolute atomic E-state index is 10.5. The third-order valence-electron chi connectivity index (χ3n) is 2.01. The molecule has 1 rings (SSSR count). The van der Waals surface area contributed by atoms with Gasteiger partial charge in [-0.15, -0.1) is 0 Å². The number of hydrogen-bond donors (Lipinski definition) is 2. The van der Waals surface area contributed by atoms with Gasteiger partial charge < -0.3 is 15.7 Å². The lowest BCUT2D eigenvalue weighted by molar-refractivity contribution is -0.384. The van der Waals surface area contributed by atoms with Crippen molar-refractivity contribution in [3.05, 3.63) is 28.3 Å². The molecule has 0 atom stereocenters. The van der Waals surface area contributed by atoms with Crippen LogP contribution in [0, 0.1) is 10.1 Å². The van der Waals surface area contributed by atoms with Gasteiger partial charge in [-0.25, -0.2) is 0 Å². The summed E-state index contributed by atoms with van der Waals surface area (Å²) in [5, 5.41) is 19.0. The number of anilines is 2. The Bertz CT molecular complexity index is 433. The van der Waals surface area contributed by atoms with Crippen molar-refractivity contribution in [2.45, 2.75) is 0 Å². The first-order chi connectivity index (χ1) is 7.41. The molecule has 0 spiro atoms. The van der Waals surface area contributed by atoms with Crippen molar-refractivity contribution in [1.29, 1.82) is 0 Å². The molecule has 0 bridgehead atoms. The fraction of sp³-hybridized carbons (Fsp3) is 0.222. The van der Waals surface area contributed by atoms with Crippen LogP contribution < -0.4 is 10.6 Å². The molecular formula is C9H11N3O4. The van der Waals surface area contributed by atoms with E-state index in [0.717, 1.165) is 0 Å². The molecule has 7 heteroatoms. The fourth-order valence-corrected chi connectivity index (χ4v) is 1.29. The van der Waals surface area contributed by atoms with Gasteiger partial charge in [-0.1, -0.05) is 0 Å². The van der Waals surface area contributed by atoms with E-state index < -0.39 is 10.9 Å². The highest BCUT2D eigenvalue weighted by Crippen LogP contribution is 2.26. The van der Waals surface area contributed by atoms with Gasteiger partial charge in [-0.2, -0.15) is 0 Å². The Labute approximate surface area is 91.2 Å². The molecule has 1 aromatic rings. The largest absolute Gasteiger partial charge is 0.480 e. The summed E-state index contributed by atoms with van der Waals surface area (Å²) >= 11 is 0. The number of carboxylic acid groups (broad SMARTS) is 1. The lowest BCUT2D eigenvalue weighted by Crippen LogP contribution is -2.25. The molecule has 0 unspecified atom stereocenters. The van der Waals surface area contributed by atoms with Gasteiger partial charge in [0.15, 0.2) is 0 Å². The van der Waals surface area contributed by atoms with E-state index in [0.29, 0.717) is 5.69 Å². The van der Waals surface area contributed by atoms with Crippen molar-refractivity contribution >= 4 is 23.0 Å². The first-order valence-electron chi connectivity index (χ1n) is 4.38. The van der Waals surface area contributed by atoms with Crippen molar-refractivity contribution in [3.8, 4) is 0 Å². The molecule has 3 N–H and O–H groups in total. The maximum Gasteiger partial charge on any atom is 0.323 e. The predicted molar refractivity (Wildman–Crippen MR) is 58.4 cm³/mol. The van der Waals surface area contributed by atoms with Crippen LogP contribution in [0.2, 0.25) is 0 Å². The van der Waals surface area contributed by atoms with Crippen molar-refractivity contribution in [1.82, 2.24) is 0 Å². The Morgan fingerprint density at radius 3 is 2.69 bits per heavy atom. The van der Waals surface area contributed by atoms with Crippen molar-refractivity contribution in [2.75, 3.05) is 24.2 Å². The highest BCUT2D eigenvalue weighted by molar-refractivity contribution is 5.78. The number of rotatable bonds is 4. The van der Waals surface area contributed by atoms with E-state index in [-0.39, 0.29) is 17.9 Å². The van der Waals surface area contributed by atoms with E-state index >= 15 is 0 Å². The standard InChI is InChI=1S/C9H11N3O4/c1-11(5-9(13)14)8-3-2-6(12(15)16)4-7(8)10/h2-4H,5,10H2,1H3,(H,13,14). The minimum absolute atomic E-state index is 0.120. The van der Waals surface area contributed by atoms with E-state index in [4.69, 9.17) is 10.8 Å². The summed E-state index contributed by atoms with van der Waals surface area (Å²) < 4.78 is 0.